The minimum atomic E-state index is -0.238. The molecule has 11 heteroatoms. The van der Waals surface area contributed by atoms with Gasteiger partial charge in [0.1, 0.15) is 23.6 Å². The molecule has 42 heavy (non-hydrogen) atoms. The maximum Gasteiger partial charge on any atom is 0.251 e. The van der Waals surface area contributed by atoms with Crippen LogP contribution >= 0.6 is 0 Å². The number of likely N-dealkylation sites (N-methyl/N-ethyl adjacent to an activating group) is 1. The lowest BCUT2D eigenvalue weighted by atomic mass is 9.99. The summed E-state index contributed by atoms with van der Waals surface area (Å²) < 4.78 is 11.7. The van der Waals surface area contributed by atoms with Crippen LogP contribution in [0.1, 0.15) is 67.8 Å². The third-order valence-corrected chi connectivity index (χ3v) is 9.29. The van der Waals surface area contributed by atoms with E-state index in [-0.39, 0.29) is 30.0 Å². The SMILES string of the molecule is CC[C@@H]1C(=O)N(C)c2cnc(Nc3ccc(C(=O)NC4CCN(C)CC4)c4c3OC(COC)C4)nc2N1C1CCCC1. The number of piperidine rings is 1. The van der Waals surface area contributed by atoms with Gasteiger partial charge in [-0.15, -0.1) is 0 Å². The first-order valence-corrected chi connectivity index (χ1v) is 15.4. The van der Waals surface area contributed by atoms with Crippen LogP contribution in [0.15, 0.2) is 18.3 Å². The summed E-state index contributed by atoms with van der Waals surface area (Å²) in [7, 11) is 5.57. The smallest absolute Gasteiger partial charge is 0.251 e. The zero-order valence-corrected chi connectivity index (χ0v) is 25.2. The summed E-state index contributed by atoms with van der Waals surface area (Å²) in [5.41, 5.74) is 2.94. The largest absolute Gasteiger partial charge is 0.485 e. The molecule has 2 fully saturated rings. The second-order valence-electron chi connectivity index (χ2n) is 12.1. The molecule has 0 radical (unpaired) electrons. The van der Waals surface area contributed by atoms with Crippen molar-refractivity contribution in [2.75, 3.05) is 56.0 Å². The Labute approximate surface area is 247 Å². The van der Waals surface area contributed by atoms with E-state index in [1.54, 1.807) is 25.3 Å². The highest BCUT2D eigenvalue weighted by Gasteiger charge is 2.41. The number of likely N-dealkylation sites (tertiary alicyclic amines) is 1. The number of carbonyl (C=O) groups excluding carboxylic acids is 2. The van der Waals surface area contributed by atoms with Gasteiger partial charge >= 0.3 is 0 Å². The molecule has 1 aromatic heterocycles. The Kier molecular flexibility index (Phi) is 8.22. The van der Waals surface area contributed by atoms with Crippen LogP contribution in [0.5, 0.6) is 5.75 Å². The summed E-state index contributed by atoms with van der Waals surface area (Å²) in [5, 5.41) is 6.63. The molecule has 1 aliphatic carbocycles. The van der Waals surface area contributed by atoms with E-state index in [4.69, 9.17) is 14.5 Å². The Morgan fingerprint density at radius 2 is 1.90 bits per heavy atom. The number of hydrogen-bond donors (Lipinski definition) is 2. The molecule has 1 unspecified atom stereocenters. The Morgan fingerprint density at radius 3 is 2.62 bits per heavy atom. The molecular formula is C31H43N7O4. The fourth-order valence-corrected chi connectivity index (χ4v) is 6.97. The van der Waals surface area contributed by atoms with Gasteiger partial charge in [-0.3, -0.25) is 9.59 Å². The average molecular weight is 578 g/mol. The Bertz CT molecular complexity index is 1320. The molecule has 0 bridgehead atoms. The number of nitrogens with zero attached hydrogens (tertiary/aromatic N) is 5. The minimum Gasteiger partial charge on any atom is -0.485 e. The summed E-state index contributed by atoms with van der Waals surface area (Å²) in [6, 6.07) is 3.96. The van der Waals surface area contributed by atoms with Crippen molar-refractivity contribution in [3.8, 4) is 5.75 Å². The predicted molar refractivity (Wildman–Crippen MR) is 162 cm³/mol. The molecule has 4 aliphatic rings. The van der Waals surface area contributed by atoms with Crippen molar-refractivity contribution in [1.82, 2.24) is 20.2 Å². The van der Waals surface area contributed by atoms with E-state index in [1.807, 2.05) is 12.1 Å². The number of nitrogens with one attached hydrogen (secondary N) is 2. The predicted octanol–water partition coefficient (Wildman–Crippen LogP) is 3.50. The number of benzene rings is 1. The van der Waals surface area contributed by atoms with Crippen LogP contribution in [0.4, 0.5) is 23.1 Å². The van der Waals surface area contributed by atoms with Gasteiger partial charge in [-0.25, -0.2) is 4.98 Å². The molecule has 2 amide bonds. The quantitative estimate of drug-likeness (QED) is 0.487. The van der Waals surface area contributed by atoms with E-state index < -0.39 is 0 Å². The van der Waals surface area contributed by atoms with Gasteiger partial charge in [0.25, 0.3) is 5.91 Å². The van der Waals surface area contributed by atoms with E-state index >= 15 is 0 Å². The van der Waals surface area contributed by atoms with E-state index in [0.29, 0.717) is 42.0 Å². The lowest BCUT2D eigenvalue weighted by Crippen LogP contribution is -2.55. The molecule has 2 aromatic rings. The molecular weight excluding hydrogens is 534 g/mol. The molecule has 11 nitrogen and oxygen atoms in total. The highest BCUT2D eigenvalue weighted by Crippen LogP contribution is 2.42. The first-order valence-electron chi connectivity index (χ1n) is 15.4. The fourth-order valence-electron chi connectivity index (χ4n) is 6.97. The summed E-state index contributed by atoms with van der Waals surface area (Å²) in [4.78, 5) is 42.5. The van der Waals surface area contributed by atoms with Crippen LogP contribution in [-0.4, -0.2) is 91.8 Å². The van der Waals surface area contributed by atoms with Crippen LogP contribution < -0.4 is 25.2 Å². The van der Waals surface area contributed by atoms with Crippen LogP contribution in [0.3, 0.4) is 0 Å². The summed E-state index contributed by atoms with van der Waals surface area (Å²) in [5.74, 6) is 1.88. The minimum absolute atomic E-state index is 0.0652. The van der Waals surface area contributed by atoms with E-state index in [9.17, 15) is 9.59 Å². The monoisotopic (exact) mass is 577 g/mol. The topological polar surface area (TPSA) is 112 Å². The number of rotatable bonds is 8. The lowest BCUT2D eigenvalue weighted by Gasteiger charge is -2.43. The van der Waals surface area contributed by atoms with Gasteiger partial charge in [0, 0.05) is 43.8 Å². The summed E-state index contributed by atoms with van der Waals surface area (Å²) >= 11 is 0. The summed E-state index contributed by atoms with van der Waals surface area (Å²) in [6.45, 7) is 4.44. The highest BCUT2D eigenvalue weighted by atomic mass is 16.5. The number of ether oxygens (including phenoxy) is 2. The number of anilines is 4. The molecule has 0 spiro atoms. The van der Waals surface area contributed by atoms with Crippen molar-refractivity contribution < 1.29 is 19.1 Å². The molecule has 3 aliphatic heterocycles. The molecule has 2 N–H and O–H groups in total. The second-order valence-corrected chi connectivity index (χ2v) is 12.1. The first-order chi connectivity index (χ1) is 20.4. The van der Waals surface area contributed by atoms with E-state index in [1.165, 1.54) is 0 Å². The standard InChI is InChI=1S/C31H43N7O4/c1-5-25-30(40)37(3)26-17-32-31(35-28(26)38(25)20-8-6-7-9-20)34-24-11-10-22(23-16-21(18-41-4)42-27(23)24)29(39)33-19-12-14-36(2)15-13-19/h10-11,17,19-21,25H,5-9,12-16,18H2,1-4H3,(H,33,39)(H,32,34,35)/t21?,25-/m1/s1. The molecule has 1 aromatic carbocycles. The molecule has 1 saturated heterocycles. The van der Waals surface area contributed by atoms with Gasteiger partial charge in [0.2, 0.25) is 11.9 Å². The van der Waals surface area contributed by atoms with Gasteiger partial charge in [-0.2, -0.15) is 4.98 Å². The van der Waals surface area contributed by atoms with Gasteiger partial charge in [-0.1, -0.05) is 19.8 Å². The third kappa shape index (κ3) is 5.40. The number of amides is 2. The lowest BCUT2D eigenvalue weighted by molar-refractivity contribution is -0.120. The zero-order chi connectivity index (χ0) is 29.4. The maximum absolute atomic E-state index is 13.4. The van der Waals surface area contributed by atoms with Crippen molar-refractivity contribution in [2.45, 2.75) is 82.5 Å². The van der Waals surface area contributed by atoms with Gasteiger partial charge < -0.3 is 34.8 Å². The maximum atomic E-state index is 13.4. The van der Waals surface area contributed by atoms with Crippen LogP contribution in [-0.2, 0) is 16.0 Å². The first kappa shape index (κ1) is 28.7. The van der Waals surface area contributed by atoms with Gasteiger partial charge in [-0.05, 0) is 64.4 Å². The Hall–Kier alpha value is -3.44. The molecule has 226 valence electrons. The average Bonchev–Trinajstić information content (AvgIpc) is 3.67. The van der Waals surface area contributed by atoms with Crippen molar-refractivity contribution in [3.63, 3.8) is 0 Å². The third-order valence-electron chi connectivity index (χ3n) is 9.29. The highest BCUT2D eigenvalue weighted by molar-refractivity contribution is 6.04. The van der Waals surface area contributed by atoms with Crippen molar-refractivity contribution in [2.24, 2.45) is 0 Å². The number of aromatic nitrogens is 2. The van der Waals surface area contributed by atoms with Crippen molar-refractivity contribution in [3.05, 3.63) is 29.5 Å². The number of hydrogen-bond acceptors (Lipinski definition) is 9. The van der Waals surface area contributed by atoms with Crippen LogP contribution in [0.2, 0.25) is 0 Å². The molecule has 6 rings (SSSR count). The number of carbonyl (C=O) groups is 2. The zero-order valence-electron chi connectivity index (χ0n) is 25.2. The Balaban J connectivity index is 1.30. The van der Waals surface area contributed by atoms with Crippen molar-refractivity contribution in [1.29, 1.82) is 0 Å². The molecule has 4 heterocycles. The molecule has 2 atom stereocenters. The van der Waals surface area contributed by atoms with E-state index in [0.717, 1.165) is 75.1 Å². The van der Waals surface area contributed by atoms with Crippen LogP contribution in [0, 0.1) is 0 Å². The van der Waals surface area contributed by atoms with Crippen molar-refractivity contribution >= 4 is 35.0 Å². The number of fused-ring (bicyclic) bond motifs is 2. The van der Waals surface area contributed by atoms with Gasteiger partial charge in [0.05, 0.1) is 18.5 Å². The summed E-state index contributed by atoms with van der Waals surface area (Å²) in [6.07, 6.45) is 9.18. The normalized spacial score (nSPS) is 23.1. The fraction of sp³-hybridized carbons (Fsp3) is 0.613. The number of methoxy groups -OCH3 is 1. The Morgan fingerprint density at radius 1 is 1.14 bits per heavy atom. The van der Waals surface area contributed by atoms with Gasteiger partial charge in [0.15, 0.2) is 5.82 Å². The second kappa shape index (κ2) is 12.0. The molecule has 1 saturated carbocycles. The van der Waals surface area contributed by atoms with Crippen LogP contribution in [0.25, 0.3) is 0 Å². The van der Waals surface area contributed by atoms with E-state index in [2.05, 4.69) is 39.4 Å².